The van der Waals surface area contributed by atoms with Gasteiger partial charge in [-0.1, -0.05) is 12.8 Å². The average Bonchev–Trinajstić information content (AvgIpc) is 3.38. The van der Waals surface area contributed by atoms with E-state index in [9.17, 15) is 9.59 Å². The zero-order valence-electron chi connectivity index (χ0n) is 15.5. The number of carbonyl (C=O) groups is 2. The monoisotopic (exact) mass is 373 g/mol. The van der Waals surface area contributed by atoms with E-state index in [-0.39, 0.29) is 6.79 Å². The van der Waals surface area contributed by atoms with Gasteiger partial charge in [-0.3, -0.25) is 9.59 Å². The summed E-state index contributed by atoms with van der Waals surface area (Å²) in [5.74, 6) is 0.414. The highest BCUT2D eigenvalue weighted by atomic mass is 16.7. The van der Waals surface area contributed by atoms with E-state index in [0.29, 0.717) is 29.6 Å². The standard InChI is InChI=1S/C20H27N3O4/c24-19(20(25)22-15-5-6-17-18(11-15)27-13-26-17)21-12-14-7-9-23(10-8-14)16-3-1-2-4-16/h5-6,11,14,16H,1-4,7-10,12-13H2,(H,21,24)(H,22,25). The molecule has 2 fully saturated rings. The fourth-order valence-corrected chi connectivity index (χ4v) is 4.27. The molecule has 1 aromatic carbocycles. The maximum absolute atomic E-state index is 12.1. The first-order valence-corrected chi connectivity index (χ1v) is 9.92. The summed E-state index contributed by atoms with van der Waals surface area (Å²) in [5, 5.41) is 5.39. The van der Waals surface area contributed by atoms with Gasteiger partial charge in [0.2, 0.25) is 6.79 Å². The van der Waals surface area contributed by atoms with Crippen molar-refractivity contribution in [2.45, 2.75) is 44.6 Å². The van der Waals surface area contributed by atoms with Crippen LogP contribution in [0.5, 0.6) is 11.5 Å². The molecule has 0 spiro atoms. The van der Waals surface area contributed by atoms with Gasteiger partial charge in [0.25, 0.3) is 0 Å². The Labute approximate surface area is 159 Å². The van der Waals surface area contributed by atoms with Crippen LogP contribution in [0, 0.1) is 5.92 Å². The van der Waals surface area contributed by atoms with Gasteiger partial charge < -0.3 is 25.0 Å². The summed E-state index contributed by atoms with van der Waals surface area (Å²) in [6, 6.07) is 5.84. The van der Waals surface area contributed by atoms with E-state index < -0.39 is 11.8 Å². The molecule has 1 aliphatic carbocycles. The molecule has 1 saturated heterocycles. The lowest BCUT2D eigenvalue weighted by Crippen LogP contribution is -2.44. The number of anilines is 1. The molecule has 1 saturated carbocycles. The zero-order valence-corrected chi connectivity index (χ0v) is 15.5. The molecule has 1 aromatic rings. The summed E-state index contributed by atoms with van der Waals surface area (Å²) in [7, 11) is 0. The molecule has 146 valence electrons. The molecule has 0 unspecified atom stereocenters. The zero-order chi connectivity index (χ0) is 18.6. The third-order valence-electron chi connectivity index (χ3n) is 5.88. The largest absolute Gasteiger partial charge is 0.454 e. The summed E-state index contributed by atoms with van der Waals surface area (Å²) in [6.07, 6.45) is 7.56. The molecular formula is C20H27N3O4. The fraction of sp³-hybridized carbons (Fsp3) is 0.600. The molecule has 2 N–H and O–H groups in total. The molecule has 27 heavy (non-hydrogen) atoms. The normalized spacial score (nSPS) is 20.6. The van der Waals surface area contributed by atoms with Crippen LogP contribution >= 0.6 is 0 Å². The molecule has 7 heteroatoms. The van der Waals surface area contributed by atoms with Crippen LogP contribution in [0.15, 0.2) is 18.2 Å². The van der Waals surface area contributed by atoms with Crippen LogP contribution in [0.3, 0.4) is 0 Å². The first kappa shape index (κ1) is 18.1. The Kier molecular flexibility index (Phi) is 5.48. The van der Waals surface area contributed by atoms with E-state index in [4.69, 9.17) is 9.47 Å². The number of piperidine rings is 1. The molecule has 7 nitrogen and oxygen atoms in total. The van der Waals surface area contributed by atoms with Gasteiger partial charge in [0.05, 0.1) is 0 Å². The van der Waals surface area contributed by atoms with E-state index in [1.54, 1.807) is 18.2 Å². The third kappa shape index (κ3) is 4.35. The first-order valence-electron chi connectivity index (χ1n) is 9.92. The highest BCUT2D eigenvalue weighted by molar-refractivity contribution is 6.39. The van der Waals surface area contributed by atoms with Crippen molar-refractivity contribution < 1.29 is 19.1 Å². The summed E-state index contributed by atoms with van der Waals surface area (Å²) in [5.41, 5.74) is 0.518. The van der Waals surface area contributed by atoms with E-state index >= 15 is 0 Å². The maximum atomic E-state index is 12.1. The van der Waals surface area contributed by atoms with Crippen LogP contribution in [0.25, 0.3) is 0 Å². The Hall–Kier alpha value is -2.28. The van der Waals surface area contributed by atoms with Gasteiger partial charge in [-0.05, 0) is 56.8 Å². The number of likely N-dealkylation sites (tertiary alicyclic amines) is 1. The van der Waals surface area contributed by atoms with Crippen LogP contribution in [-0.2, 0) is 9.59 Å². The highest BCUT2D eigenvalue weighted by Gasteiger charge is 2.27. The quantitative estimate of drug-likeness (QED) is 0.791. The van der Waals surface area contributed by atoms with E-state index in [2.05, 4.69) is 15.5 Å². The molecule has 4 rings (SSSR count). The molecule has 2 aliphatic heterocycles. The summed E-state index contributed by atoms with van der Waals surface area (Å²) < 4.78 is 10.5. The van der Waals surface area contributed by atoms with Gasteiger partial charge in [0.1, 0.15) is 0 Å². The SMILES string of the molecule is O=C(NCC1CCN(C2CCCC2)CC1)C(=O)Nc1ccc2c(c1)OCO2. The van der Waals surface area contributed by atoms with Crippen molar-refractivity contribution in [2.75, 3.05) is 31.7 Å². The number of benzene rings is 1. The van der Waals surface area contributed by atoms with Crippen molar-refractivity contribution in [3.63, 3.8) is 0 Å². The second-order valence-electron chi connectivity index (χ2n) is 7.65. The average molecular weight is 373 g/mol. The number of fused-ring (bicyclic) bond motifs is 1. The Morgan fingerprint density at radius 2 is 1.74 bits per heavy atom. The van der Waals surface area contributed by atoms with Crippen molar-refractivity contribution in [2.24, 2.45) is 5.92 Å². The Morgan fingerprint density at radius 3 is 2.52 bits per heavy atom. The van der Waals surface area contributed by atoms with Crippen molar-refractivity contribution in [1.29, 1.82) is 0 Å². The minimum Gasteiger partial charge on any atom is -0.454 e. The molecule has 2 amide bonds. The van der Waals surface area contributed by atoms with Crippen LogP contribution in [-0.4, -0.2) is 49.2 Å². The van der Waals surface area contributed by atoms with E-state index in [0.717, 1.165) is 32.0 Å². The van der Waals surface area contributed by atoms with Gasteiger partial charge in [0, 0.05) is 24.3 Å². The number of nitrogens with zero attached hydrogens (tertiary/aromatic N) is 1. The van der Waals surface area contributed by atoms with Crippen LogP contribution in [0.2, 0.25) is 0 Å². The maximum Gasteiger partial charge on any atom is 0.313 e. The van der Waals surface area contributed by atoms with Crippen molar-refractivity contribution in [3.05, 3.63) is 18.2 Å². The van der Waals surface area contributed by atoms with E-state index in [1.165, 1.54) is 25.7 Å². The number of rotatable bonds is 4. The number of amides is 2. The fourth-order valence-electron chi connectivity index (χ4n) is 4.27. The Balaban J connectivity index is 1.19. The molecule has 3 aliphatic rings. The summed E-state index contributed by atoms with van der Waals surface area (Å²) >= 11 is 0. The predicted molar refractivity (Wildman–Crippen MR) is 101 cm³/mol. The van der Waals surface area contributed by atoms with Crippen LogP contribution < -0.4 is 20.1 Å². The smallest absolute Gasteiger partial charge is 0.313 e. The van der Waals surface area contributed by atoms with Gasteiger partial charge >= 0.3 is 11.8 Å². The lowest BCUT2D eigenvalue weighted by molar-refractivity contribution is -0.136. The molecule has 0 aromatic heterocycles. The first-order chi connectivity index (χ1) is 13.2. The Morgan fingerprint density at radius 1 is 1.00 bits per heavy atom. The number of carbonyl (C=O) groups excluding carboxylic acids is 2. The molecule has 0 bridgehead atoms. The molecule has 0 radical (unpaired) electrons. The van der Waals surface area contributed by atoms with Crippen LogP contribution in [0.1, 0.15) is 38.5 Å². The summed E-state index contributed by atoms with van der Waals surface area (Å²) in [4.78, 5) is 26.8. The van der Waals surface area contributed by atoms with Crippen molar-refractivity contribution >= 4 is 17.5 Å². The second kappa shape index (κ2) is 8.17. The third-order valence-corrected chi connectivity index (χ3v) is 5.88. The van der Waals surface area contributed by atoms with Gasteiger partial charge in [-0.15, -0.1) is 0 Å². The summed E-state index contributed by atoms with van der Waals surface area (Å²) in [6.45, 7) is 2.95. The minimum atomic E-state index is -0.655. The lowest BCUT2D eigenvalue weighted by Gasteiger charge is -2.36. The Bertz CT molecular complexity index is 694. The lowest BCUT2D eigenvalue weighted by atomic mass is 9.95. The minimum absolute atomic E-state index is 0.173. The van der Waals surface area contributed by atoms with Gasteiger partial charge in [0.15, 0.2) is 11.5 Å². The number of ether oxygens (including phenoxy) is 2. The molecule has 2 heterocycles. The number of hydrogen-bond donors (Lipinski definition) is 2. The van der Waals surface area contributed by atoms with Gasteiger partial charge in [-0.25, -0.2) is 0 Å². The molecule has 0 atom stereocenters. The highest BCUT2D eigenvalue weighted by Crippen LogP contribution is 2.34. The van der Waals surface area contributed by atoms with Crippen LogP contribution in [0.4, 0.5) is 5.69 Å². The number of hydrogen-bond acceptors (Lipinski definition) is 5. The van der Waals surface area contributed by atoms with E-state index in [1.807, 2.05) is 0 Å². The predicted octanol–water partition coefficient (Wildman–Crippen LogP) is 2.12. The van der Waals surface area contributed by atoms with Gasteiger partial charge in [-0.2, -0.15) is 0 Å². The van der Waals surface area contributed by atoms with Crippen molar-refractivity contribution in [3.8, 4) is 11.5 Å². The topological polar surface area (TPSA) is 79.9 Å². The van der Waals surface area contributed by atoms with Crippen molar-refractivity contribution in [1.82, 2.24) is 10.2 Å². The second-order valence-corrected chi connectivity index (χ2v) is 7.65. The molecular weight excluding hydrogens is 346 g/mol. The number of nitrogens with one attached hydrogen (secondary N) is 2.